The fourth-order valence-electron chi connectivity index (χ4n) is 2.26. The molecule has 2 aromatic heterocycles. The molecule has 0 atom stereocenters. The van der Waals surface area contributed by atoms with Gasteiger partial charge in [0.1, 0.15) is 0 Å². The second kappa shape index (κ2) is 5.06. The highest BCUT2D eigenvalue weighted by Gasteiger charge is 2.19. The van der Waals surface area contributed by atoms with Crippen molar-refractivity contribution >= 4 is 5.69 Å². The smallest absolute Gasteiger partial charge is 0.269 e. The molecular weight excluding hydrogens is 286 g/mol. The molecule has 0 amide bonds. The average molecular weight is 299 g/mol. The van der Waals surface area contributed by atoms with E-state index in [0.717, 1.165) is 17.0 Å². The summed E-state index contributed by atoms with van der Waals surface area (Å²) in [7, 11) is 1.85. The number of aryl methyl sites for hydroxylation is 2. The van der Waals surface area contributed by atoms with E-state index in [1.807, 2.05) is 20.9 Å². The van der Waals surface area contributed by atoms with Crippen LogP contribution in [0.1, 0.15) is 11.4 Å². The van der Waals surface area contributed by atoms with E-state index in [1.54, 1.807) is 16.8 Å². The number of hydrogen-bond acceptors (Lipinski definition) is 6. The van der Waals surface area contributed by atoms with Gasteiger partial charge in [-0.1, -0.05) is 5.16 Å². The van der Waals surface area contributed by atoms with Gasteiger partial charge in [0.25, 0.3) is 11.6 Å². The van der Waals surface area contributed by atoms with Crippen molar-refractivity contribution in [2.24, 2.45) is 7.05 Å². The summed E-state index contributed by atoms with van der Waals surface area (Å²) < 4.78 is 7.06. The molecule has 0 radical (unpaired) electrons. The maximum Gasteiger partial charge on any atom is 0.269 e. The molecule has 0 aliphatic carbocycles. The van der Waals surface area contributed by atoms with Crippen LogP contribution >= 0.6 is 0 Å². The van der Waals surface area contributed by atoms with Gasteiger partial charge in [0.15, 0.2) is 0 Å². The van der Waals surface area contributed by atoms with E-state index < -0.39 is 4.92 Å². The standard InChI is InChI=1S/C14H13N5O3/c1-8-12(9(2)18(3)16-8)14-15-13(17-22-14)10-4-6-11(7-5-10)19(20)21/h4-7H,1-3H3. The molecule has 0 unspecified atom stereocenters. The fourth-order valence-corrected chi connectivity index (χ4v) is 2.26. The van der Waals surface area contributed by atoms with Crippen molar-refractivity contribution in [3.8, 4) is 22.8 Å². The fraction of sp³-hybridized carbons (Fsp3) is 0.214. The molecule has 0 saturated heterocycles. The van der Waals surface area contributed by atoms with Gasteiger partial charge in [-0.15, -0.1) is 0 Å². The molecule has 8 nitrogen and oxygen atoms in total. The molecule has 0 bridgehead atoms. The molecule has 0 aliphatic heterocycles. The first-order valence-electron chi connectivity index (χ1n) is 6.56. The summed E-state index contributed by atoms with van der Waals surface area (Å²) in [6, 6.07) is 6.00. The molecule has 0 aliphatic rings. The second-order valence-corrected chi connectivity index (χ2v) is 4.90. The van der Waals surface area contributed by atoms with Crippen molar-refractivity contribution in [2.75, 3.05) is 0 Å². The molecule has 22 heavy (non-hydrogen) atoms. The first-order valence-corrected chi connectivity index (χ1v) is 6.56. The SMILES string of the molecule is Cc1nn(C)c(C)c1-c1nc(-c2ccc([N+](=O)[O-])cc2)no1. The molecule has 3 aromatic rings. The molecule has 0 N–H and O–H groups in total. The summed E-state index contributed by atoms with van der Waals surface area (Å²) in [6.07, 6.45) is 0. The first kappa shape index (κ1) is 13.9. The quantitative estimate of drug-likeness (QED) is 0.544. The van der Waals surface area contributed by atoms with Gasteiger partial charge < -0.3 is 4.52 Å². The highest BCUT2D eigenvalue weighted by Crippen LogP contribution is 2.27. The third kappa shape index (κ3) is 2.24. The van der Waals surface area contributed by atoms with Crippen LogP contribution in [0.2, 0.25) is 0 Å². The molecule has 0 fully saturated rings. The molecule has 112 valence electrons. The van der Waals surface area contributed by atoms with Gasteiger partial charge in [-0.05, 0) is 26.0 Å². The van der Waals surface area contributed by atoms with E-state index in [9.17, 15) is 10.1 Å². The van der Waals surface area contributed by atoms with E-state index in [1.165, 1.54) is 12.1 Å². The summed E-state index contributed by atoms with van der Waals surface area (Å²) in [4.78, 5) is 14.6. The summed E-state index contributed by atoms with van der Waals surface area (Å²) in [5.74, 6) is 0.768. The molecule has 3 rings (SSSR count). The number of benzene rings is 1. The van der Waals surface area contributed by atoms with Crippen molar-refractivity contribution in [3.05, 3.63) is 45.8 Å². The minimum Gasteiger partial charge on any atom is -0.333 e. The zero-order chi connectivity index (χ0) is 15.9. The van der Waals surface area contributed by atoms with Gasteiger partial charge >= 0.3 is 0 Å². The van der Waals surface area contributed by atoms with Gasteiger partial charge in [-0.25, -0.2) is 0 Å². The molecule has 8 heteroatoms. The van der Waals surface area contributed by atoms with Crippen LogP contribution in [0, 0.1) is 24.0 Å². The summed E-state index contributed by atoms with van der Waals surface area (Å²) in [5.41, 5.74) is 3.21. The van der Waals surface area contributed by atoms with Crippen LogP contribution in [0.15, 0.2) is 28.8 Å². The third-order valence-corrected chi connectivity index (χ3v) is 3.49. The molecule has 0 spiro atoms. The van der Waals surface area contributed by atoms with Gasteiger partial charge in [0.2, 0.25) is 5.82 Å². The van der Waals surface area contributed by atoms with Crippen molar-refractivity contribution in [2.45, 2.75) is 13.8 Å². The monoisotopic (exact) mass is 299 g/mol. The van der Waals surface area contributed by atoms with E-state index in [-0.39, 0.29) is 5.69 Å². The predicted octanol–water partition coefficient (Wildman–Crippen LogP) is 2.66. The highest BCUT2D eigenvalue weighted by molar-refractivity contribution is 5.63. The van der Waals surface area contributed by atoms with Crippen LogP contribution in [0.5, 0.6) is 0 Å². The zero-order valence-electron chi connectivity index (χ0n) is 12.3. The number of hydrogen-bond donors (Lipinski definition) is 0. The topological polar surface area (TPSA) is 99.9 Å². The Morgan fingerprint density at radius 1 is 1.23 bits per heavy atom. The number of rotatable bonds is 3. The third-order valence-electron chi connectivity index (χ3n) is 3.49. The highest BCUT2D eigenvalue weighted by atomic mass is 16.6. The summed E-state index contributed by atoms with van der Waals surface area (Å²) in [5, 5.41) is 18.9. The number of nitro groups is 1. The van der Waals surface area contributed by atoms with Crippen LogP contribution in [-0.2, 0) is 7.05 Å². The Morgan fingerprint density at radius 2 is 1.91 bits per heavy atom. The summed E-state index contributed by atoms with van der Waals surface area (Å²) >= 11 is 0. The Kier molecular flexibility index (Phi) is 3.21. The second-order valence-electron chi connectivity index (χ2n) is 4.90. The average Bonchev–Trinajstić information content (AvgIpc) is 3.05. The van der Waals surface area contributed by atoms with Crippen LogP contribution in [0.3, 0.4) is 0 Å². The van der Waals surface area contributed by atoms with Crippen molar-refractivity contribution < 1.29 is 9.45 Å². The Morgan fingerprint density at radius 3 is 2.45 bits per heavy atom. The molecular formula is C14H13N5O3. The Bertz CT molecular complexity index is 848. The molecule has 1 aromatic carbocycles. The van der Waals surface area contributed by atoms with Gasteiger partial charge in [-0.3, -0.25) is 14.8 Å². The Balaban J connectivity index is 1.98. The van der Waals surface area contributed by atoms with Gasteiger partial charge in [0, 0.05) is 30.4 Å². The maximum atomic E-state index is 10.7. The van der Waals surface area contributed by atoms with Crippen LogP contribution < -0.4 is 0 Å². The van der Waals surface area contributed by atoms with Crippen LogP contribution in [0.4, 0.5) is 5.69 Å². The number of nitro benzene ring substituents is 1. The van der Waals surface area contributed by atoms with E-state index in [2.05, 4.69) is 15.2 Å². The predicted molar refractivity (Wildman–Crippen MR) is 78.1 cm³/mol. The van der Waals surface area contributed by atoms with E-state index in [0.29, 0.717) is 17.3 Å². The van der Waals surface area contributed by atoms with Crippen molar-refractivity contribution in [1.29, 1.82) is 0 Å². The minimum atomic E-state index is -0.451. The molecule has 0 saturated carbocycles. The van der Waals surface area contributed by atoms with E-state index >= 15 is 0 Å². The van der Waals surface area contributed by atoms with E-state index in [4.69, 9.17) is 4.52 Å². The zero-order valence-corrected chi connectivity index (χ0v) is 12.3. The van der Waals surface area contributed by atoms with Gasteiger partial charge in [0.05, 0.1) is 16.2 Å². The number of aromatic nitrogens is 4. The summed E-state index contributed by atoms with van der Waals surface area (Å²) in [6.45, 7) is 3.79. The van der Waals surface area contributed by atoms with Crippen molar-refractivity contribution in [1.82, 2.24) is 19.9 Å². The largest absolute Gasteiger partial charge is 0.333 e. The van der Waals surface area contributed by atoms with Crippen LogP contribution in [0.25, 0.3) is 22.8 Å². The number of nitrogens with zero attached hydrogens (tertiary/aromatic N) is 5. The Labute approximate surface area is 125 Å². The Hall–Kier alpha value is -3.03. The lowest BCUT2D eigenvalue weighted by Crippen LogP contribution is -1.92. The minimum absolute atomic E-state index is 0.0198. The maximum absolute atomic E-state index is 10.7. The first-order chi connectivity index (χ1) is 10.5. The van der Waals surface area contributed by atoms with Gasteiger partial charge in [-0.2, -0.15) is 10.1 Å². The molecule has 2 heterocycles. The number of non-ortho nitro benzene ring substituents is 1. The van der Waals surface area contributed by atoms with Crippen molar-refractivity contribution in [3.63, 3.8) is 0 Å². The lowest BCUT2D eigenvalue weighted by atomic mass is 10.2. The lowest BCUT2D eigenvalue weighted by Gasteiger charge is -1.95. The normalized spacial score (nSPS) is 10.9. The van der Waals surface area contributed by atoms with Crippen LogP contribution in [-0.4, -0.2) is 24.8 Å². The lowest BCUT2D eigenvalue weighted by molar-refractivity contribution is -0.384.